The smallest absolute Gasteiger partial charge is 0.298 e. The summed E-state index contributed by atoms with van der Waals surface area (Å²) in [6.45, 7) is 6.17. The Bertz CT molecular complexity index is 504. The van der Waals surface area contributed by atoms with E-state index in [-0.39, 0.29) is 5.41 Å². The molecule has 0 N–H and O–H groups in total. The van der Waals surface area contributed by atoms with Crippen LogP contribution in [0.5, 0.6) is 10.9 Å². The first-order valence-electron chi connectivity index (χ1n) is 5.09. The topological polar surface area (TPSA) is 47.9 Å². The molecular formula is C11H12ClN3OS. The molecule has 2 aromatic rings. The number of hydrogen-bond donors (Lipinski definition) is 0. The predicted molar refractivity (Wildman–Crippen MR) is 67.9 cm³/mol. The molecule has 0 spiro atoms. The number of pyridine rings is 1. The lowest BCUT2D eigenvalue weighted by Crippen LogP contribution is -2.12. The van der Waals surface area contributed by atoms with Gasteiger partial charge in [0.2, 0.25) is 0 Å². The highest BCUT2D eigenvalue weighted by molar-refractivity contribution is 7.07. The molecule has 0 atom stereocenters. The number of rotatable bonds is 2. The minimum atomic E-state index is -0.0731. The van der Waals surface area contributed by atoms with Crippen LogP contribution in [-0.4, -0.2) is 14.3 Å². The van der Waals surface area contributed by atoms with E-state index in [0.29, 0.717) is 16.1 Å². The molecule has 0 aliphatic heterocycles. The highest BCUT2D eigenvalue weighted by Crippen LogP contribution is 2.27. The first-order chi connectivity index (χ1) is 7.95. The Morgan fingerprint density at radius 1 is 1.29 bits per heavy atom. The van der Waals surface area contributed by atoms with Gasteiger partial charge in [0.1, 0.15) is 10.9 Å². The van der Waals surface area contributed by atoms with E-state index in [2.05, 4.69) is 35.1 Å². The molecule has 0 amide bonds. The van der Waals surface area contributed by atoms with Crippen molar-refractivity contribution in [3.63, 3.8) is 0 Å². The number of hydrogen-bond acceptors (Lipinski definition) is 5. The Kier molecular flexibility index (Phi) is 3.31. The third kappa shape index (κ3) is 3.14. The fourth-order valence-corrected chi connectivity index (χ4v) is 1.93. The Balaban J connectivity index is 2.14. The molecule has 4 nitrogen and oxygen atoms in total. The van der Waals surface area contributed by atoms with Gasteiger partial charge in [-0.05, 0) is 12.1 Å². The van der Waals surface area contributed by atoms with Crippen LogP contribution in [-0.2, 0) is 5.41 Å². The van der Waals surface area contributed by atoms with Crippen LogP contribution in [0.15, 0.2) is 18.3 Å². The molecule has 6 heteroatoms. The standard InChI is InChI=1S/C11H12ClN3OS/c1-11(2,3)9-14-10(17-15-9)16-7-4-5-8(12)13-6-7/h4-6H,1-3H3. The zero-order chi connectivity index (χ0) is 12.5. The minimum absolute atomic E-state index is 0.0731. The van der Waals surface area contributed by atoms with Gasteiger partial charge in [-0.25, -0.2) is 4.98 Å². The summed E-state index contributed by atoms with van der Waals surface area (Å²) in [6, 6.07) is 3.41. The van der Waals surface area contributed by atoms with Crippen molar-refractivity contribution in [3.8, 4) is 10.9 Å². The van der Waals surface area contributed by atoms with Crippen molar-refractivity contribution in [1.82, 2.24) is 14.3 Å². The molecule has 2 heterocycles. The summed E-state index contributed by atoms with van der Waals surface area (Å²) >= 11 is 6.92. The quantitative estimate of drug-likeness (QED) is 0.781. The first-order valence-corrected chi connectivity index (χ1v) is 6.24. The van der Waals surface area contributed by atoms with Crippen LogP contribution in [0.3, 0.4) is 0 Å². The highest BCUT2D eigenvalue weighted by Gasteiger charge is 2.20. The number of halogens is 1. The summed E-state index contributed by atoms with van der Waals surface area (Å²) in [6.07, 6.45) is 1.56. The number of aromatic nitrogens is 3. The summed E-state index contributed by atoms with van der Waals surface area (Å²) in [5, 5.41) is 0.948. The van der Waals surface area contributed by atoms with Crippen LogP contribution in [0.4, 0.5) is 0 Å². The van der Waals surface area contributed by atoms with E-state index in [9.17, 15) is 0 Å². The maximum atomic E-state index is 5.69. The zero-order valence-corrected chi connectivity index (χ0v) is 11.3. The molecular weight excluding hydrogens is 258 g/mol. The van der Waals surface area contributed by atoms with Gasteiger partial charge < -0.3 is 4.74 Å². The van der Waals surface area contributed by atoms with Gasteiger partial charge in [0.15, 0.2) is 5.82 Å². The van der Waals surface area contributed by atoms with E-state index in [1.54, 1.807) is 18.3 Å². The molecule has 0 bridgehead atoms. The lowest BCUT2D eigenvalue weighted by atomic mass is 9.96. The van der Waals surface area contributed by atoms with E-state index < -0.39 is 0 Å². The van der Waals surface area contributed by atoms with Crippen molar-refractivity contribution < 1.29 is 4.74 Å². The molecule has 0 aromatic carbocycles. The van der Waals surface area contributed by atoms with Crippen molar-refractivity contribution in [2.24, 2.45) is 0 Å². The van der Waals surface area contributed by atoms with Crippen molar-refractivity contribution in [2.45, 2.75) is 26.2 Å². The summed E-state index contributed by atoms with van der Waals surface area (Å²) in [5.74, 6) is 1.38. The number of ether oxygens (including phenoxy) is 1. The van der Waals surface area contributed by atoms with Crippen LogP contribution < -0.4 is 4.74 Å². The second-order valence-corrected chi connectivity index (χ2v) is 5.65. The minimum Gasteiger partial charge on any atom is -0.428 e. The van der Waals surface area contributed by atoms with Crippen molar-refractivity contribution in [1.29, 1.82) is 0 Å². The van der Waals surface area contributed by atoms with E-state index in [1.165, 1.54) is 11.5 Å². The van der Waals surface area contributed by atoms with Crippen LogP contribution in [0.25, 0.3) is 0 Å². The second kappa shape index (κ2) is 4.58. The Morgan fingerprint density at radius 2 is 2.06 bits per heavy atom. The van der Waals surface area contributed by atoms with Crippen LogP contribution in [0, 0.1) is 0 Å². The molecule has 17 heavy (non-hydrogen) atoms. The molecule has 2 rings (SSSR count). The van der Waals surface area contributed by atoms with Crippen molar-refractivity contribution >= 4 is 23.1 Å². The maximum absolute atomic E-state index is 5.69. The second-order valence-electron chi connectivity index (χ2n) is 4.55. The maximum Gasteiger partial charge on any atom is 0.298 e. The third-order valence-electron chi connectivity index (χ3n) is 1.98. The highest BCUT2D eigenvalue weighted by atomic mass is 35.5. The lowest BCUT2D eigenvalue weighted by Gasteiger charge is -2.11. The van der Waals surface area contributed by atoms with Gasteiger partial charge in [-0.3, -0.25) is 0 Å². The average molecular weight is 270 g/mol. The molecule has 0 saturated heterocycles. The molecule has 0 unspecified atom stereocenters. The summed E-state index contributed by atoms with van der Waals surface area (Å²) in [7, 11) is 0. The molecule has 0 aliphatic rings. The molecule has 90 valence electrons. The van der Waals surface area contributed by atoms with E-state index in [0.717, 1.165) is 5.82 Å². The van der Waals surface area contributed by atoms with Gasteiger partial charge in [-0.15, -0.1) is 0 Å². The van der Waals surface area contributed by atoms with Crippen LogP contribution in [0.1, 0.15) is 26.6 Å². The molecule has 2 aromatic heterocycles. The Hall–Kier alpha value is -1.20. The fraction of sp³-hybridized carbons (Fsp3) is 0.364. The van der Waals surface area contributed by atoms with E-state index in [4.69, 9.17) is 16.3 Å². The SMILES string of the molecule is CC(C)(C)c1nsc(Oc2ccc(Cl)nc2)n1. The molecule has 0 fully saturated rings. The normalized spacial score (nSPS) is 11.5. The average Bonchev–Trinajstić information content (AvgIpc) is 2.69. The van der Waals surface area contributed by atoms with Crippen LogP contribution >= 0.6 is 23.1 Å². The van der Waals surface area contributed by atoms with E-state index in [1.807, 2.05) is 0 Å². The largest absolute Gasteiger partial charge is 0.428 e. The van der Waals surface area contributed by atoms with Crippen molar-refractivity contribution in [2.75, 3.05) is 0 Å². The zero-order valence-electron chi connectivity index (χ0n) is 9.77. The van der Waals surface area contributed by atoms with Gasteiger partial charge in [0.05, 0.1) is 6.20 Å². The Labute approximate surface area is 109 Å². The summed E-state index contributed by atoms with van der Waals surface area (Å²) in [4.78, 5) is 8.25. The molecule has 0 radical (unpaired) electrons. The van der Waals surface area contributed by atoms with Gasteiger partial charge >= 0.3 is 0 Å². The number of nitrogens with zero attached hydrogens (tertiary/aromatic N) is 3. The monoisotopic (exact) mass is 269 g/mol. The van der Waals surface area contributed by atoms with Crippen LogP contribution in [0.2, 0.25) is 5.15 Å². The van der Waals surface area contributed by atoms with Gasteiger partial charge in [-0.1, -0.05) is 32.4 Å². The first kappa shape index (κ1) is 12.3. The molecule has 0 saturated carbocycles. The summed E-state index contributed by atoms with van der Waals surface area (Å²) in [5.41, 5.74) is -0.0731. The van der Waals surface area contributed by atoms with Gasteiger partial charge in [0.25, 0.3) is 5.19 Å². The third-order valence-corrected chi connectivity index (χ3v) is 2.80. The van der Waals surface area contributed by atoms with E-state index >= 15 is 0 Å². The molecule has 0 aliphatic carbocycles. The fourth-order valence-electron chi connectivity index (χ4n) is 1.08. The lowest BCUT2D eigenvalue weighted by molar-refractivity contribution is 0.466. The van der Waals surface area contributed by atoms with Gasteiger partial charge in [0, 0.05) is 16.9 Å². The van der Waals surface area contributed by atoms with Crippen molar-refractivity contribution in [3.05, 3.63) is 29.3 Å². The Morgan fingerprint density at radius 3 is 2.59 bits per heavy atom. The van der Waals surface area contributed by atoms with Gasteiger partial charge in [-0.2, -0.15) is 9.36 Å². The predicted octanol–water partition coefficient (Wildman–Crippen LogP) is 3.68. The summed E-state index contributed by atoms with van der Waals surface area (Å²) < 4.78 is 9.79.